The SMILES string of the molecule is c1ccc(-c2ccc(-c3cc(-n4c5ccc([Si](c6ccccc6)(c6ccccc6)c6ccccc6)cc5c5c6ccccc6ccc54)nc4ccccc34)cc2)cc1. The van der Waals surface area contributed by atoms with Crippen LogP contribution in [0.4, 0.5) is 0 Å². The first-order chi connectivity index (χ1) is 28.8. The zero-order chi connectivity index (χ0) is 38.5. The van der Waals surface area contributed by atoms with Crippen LogP contribution in [0.15, 0.2) is 231 Å². The van der Waals surface area contributed by atoms with Crippen molar-refractivity contribution in [1.82, 2.24) is 9.55 Å². The molecule has 0 aliphatic carbocycles. The normalized spacial score (nSPS) is 11.8. The Hall–Kier alpha value is -7.33. The van der Waals surface area contributed by atoms with Gasteiger partial charge in [0.05, 0.1) is 16.6 Å². The van der Waals surface area contributed by atoms with Crippen molar-refractivity contribution in [3.05, 3.63) is 231 Å². The van der Waals surface area contributed by atoms with Crippen molar-refractivity contribution >= 4 is 72.3 Å². The van der Waals surface area contributed by atoms with Gasteiger partial charge in [0.1, 0.15) is 5.82 Å². The third kappa shape index (κ3) is 5.43. The Balaban J connectivity index is 1.20. The van der Waals surface area contributed by atoms with Crippen LogP contribution in [0, 0.1) is 0 Å². The van der Waals surface area contributed by atoms with E-state index in [0.717, 1.165) is 38.9 Å². The maximum atomic E-state index is 5.43. The summed E-state index contributed by atoms with van der Waals surface area (Å²) in [5, 5.41) is 11.5. The molecular formula is C55H38N2Si. The van der Waals surface area contributed by atoms with E-state index in [0.29, 0.717) is 0 Å². The molecule has 0 aliphatic heterocycles. The topological polar surface area (TPSA) is 17.8 Å². The minimum absolute atomic E-state index is 0.904. The van der Waals surface area contributed by atoms with Crippen LogP contribution in [0.5, 0.6) is 0 Å². The Morgan fingerprint density at radius 2 is 0.862 bits per heavy atom. The molecule has 58 heavy (non-hydrogen) atoms. The molecule has 0 saturated carbocycles. The highest BCUT2D eigenvalue weighted by Crippen LogP contribution is 2.39. The smallest absolute Gasteiger partial charge is 0.179 e. The third-order valence-electron chi connectivity index (χ3n) is 11.9. The largest absolute Gasteiger partial charge is 0.294 e. The standard InChI is InChI=1S/C55H38N2Si/c1-5-17-39(18-6-1)40-29-31-42(32-30-40)49-38-54(56-51-28-16-15-27-48(49)51)57-52-36-34-46(37-50(52)55-47-26-14-13-19-41(47)33-35-53(55)57)58(43-20-7-2-8-21-43,44-22-9-3-10-23-44)45-24-11-4-12-25-45/h1-38H. The lowest BCUT2D eigenvalue weighted by atomic mass is 9.98. The van der Waals surface area contributed by atoms with Gasteiger partial charge in [-0.15, -0.1) is 0 Å². The Morgan fingerprint density at radius 1 is 0.345 bits per heavy atom. The first kappa shape index (κ1) is 34.0. The molecule has 0 aliphatic rings. The Labute approximate surface area is 339 Å². The maximum absolute atomic E-state index is 5.43. The number of pyridine rings is 1. The van der Waals surface area contributed by atoms with E-state index in [1.165, 1.54) is 53.4 Å². The Morgan fingerprint density at radius 3 is 1.52 bits per heavy atom. The molecule has 0 bridgehead atoms. The van der Waals surface area contributed by atoms with E-state index in [2.05, 4.69) is 235 Å². The minimum Gasteiger partial charge on any atom is -0.294 e. The van der Waals surface area contributed by atoms with Gasteiger partial charge in [-0.1, -0.05) is 206 Å². The molecule has 2 heterocycles. The van der Waals surface area contributed by atoms with Crippen molar-refractivity contribution in [2.45, 2.75) is 0 Å². The van der Waals surface area contributed by atoms with Gasteiger partial charge in [0.25, 0.3) is 0 Å². The number of hydrogen-bond donors (Lipinski definition) is 0. The molecule has 11 aromatic rings. The van der Waals surface area contributed by atoms with Crippen molar-refractivity contribution in [1.29, 1.82) is 0 Å². The lowest BCUT2D eigenvalue weighted by Gasteiger charge is -2.34. The molecule has 0 spiro atoms. The molecule has 11 rings (SSSR count). The fraction of sp³-hybridized carbons (Fsp3) is 0. The van der Waals surface area contributed by atoms with Crippen molar-refractivity contribution in [2.24, 2.45) is 0 Å². The van der Waals surface area contributed by atoms with E-state index >= 15 is 0 Å². The Kier molecular flexibility index (Phi) is 8.20. The summed E-state index contributed by atoms with van der Waals surface area (Å²) in [5.74, 6) is 0.904. The average Bonchev–Trinajstić information content (AvgIpc) is 3.65. The molecule has 0 unspecified atom stereocenters. The molecule has 9 aromatic carbocycles. The third-order valence-corrected chi connectivity index (χ3v) is 16.7. The summed E-state index contributed by atoms with van der Waals surface area (Å²) in [6.07, 6.45) is 0. The lowest BCUT2D eigenvalue weighted by Crippen LogP contribution is -2.74. The molecule has 2 aromatic heterocycles. The summed E-state index contributed by atoms with van der Waals surface area (Å²) >= 11 is 0. The predicted octanol–water partition coefficient (Wildman–Crippen LogP) is 11.2. The van der Waals surface area contributed by atoms with Gasteiger partial charge in [-0.05, 0) is 78.0 Å². The minimum atomic E-state index is -2.79. The summed E-state index contributed by atoms with van der Waals surface area (Å²) in [7, 11) is -2.79. The van der Waals surface area contributed by atoms with Crippen LogP contribution >= 0.6 is 0 Å². The average molecular weight is 755 g/mol. The van der Waals surface area contributed by atoms with Crippen molar-refractivity contribution in [3.8, 4) is 28.1 Å². The van der Waals surface area contributed by atoms with Crippen LogP contribution < -0.4 is 20.7 Å². The second-order valence-electron chi connectivity index (χ2n) is 15.1. The van der Waals surface area contributed by atoms with E-state index in [1.807, 2.05) is 0 Å². The fourth-order valence-corrected chi connectivity index (χ4v) is 14.1. The number of fused-ring (bicyclic) bond motifs is 6. The van der Waals surface area contributed by atoms with Gasteiger partial charge in [-0.2, -0.15) is 0 Å². The maximum Gasteiger partial charge on any atom is 0.179 e. The summed E-state index contributed by atoms with van der Waals surface area (Å²) in [4.78, 5) is 5.43. The van der Waals surface area contributed by atoms with Crippen LogP contribution in [0.2, 0.25) is 0 Å². The summed E-state index contributed by atoms with van der Waals surface area (Å²) in [6.45, 7) is 0. The van der Waals surface area contributed by atoms with Gasteiger partial charge in [0.15, 0.2) is 8.07 Å². The van der Waals surface area contributed by atoms with E-state index in [4.69, 9.17) is 4.98 Å². The van der Waals surface area contributed by atoms with E-state index in [1.54, 1.807) is 0 Å². The molecular weight excluding hydrogens is 717 g/mol. The van der Waals surface area contributed by atoms with Crippen molar-refractivity contribution < 1.29 is 0 Å². The van der Waals surface area contributed by atoms with Gasteiger partial charge in [-0.25, -0.2) is 4.98 Å². The zero-order valence-electron chi connectivity index (χ0n) is 31.8. The van der Waals surface area contributed by atoms with Gasteiger partial charge < -0.3 is 0 Å². The number of nitrogens with zero attached hydrogens (tertiary/aromatic N) is 2. The van der Waals surface area contributed by atoms with Gasteiger partial charge in [0, 0.05) is 16.2 Å². The first-order valence-corrected chi connectivity index (χ1v) is 22.0. The highest BCUT2D eigenvalue weighted by Gasteiger charge is 2.41. The number of aromatic nitrogens is 2. The molecule has 0 fully saturated rings. The van der Waals surface area contributed by atoms with Crippen LogP contribution in [0.1, 0.15) is 0 Å². The van der Waals surface area contributed by atoms with Crippen LogP contribution in [-0.2, 0) is 0 Å². The Bertz CT molecular complexity index is 3150. The molecule has 3 heteroatoms. The number of rotatable bonds is 7. The highest BCUT2D eigenvalue weighted by molar-refractivity contribution is 7.20. The van der Waals surface area contributed by atoms with E-state index < -0.39 is 8.07 Å². The summed E-state index contributed by atoms with van der Waals surface area (Å²) in [5.41, 5.74) is 8.00. The number of benzene rings is 9. The number of hydrogen-bond acceptors (Lipinski definition) is 1. The molecule has 272 valence electrons. The summed E-state index contributed by atoms with van der Waals surface area (Å²) in [6, 6.07) is 84.6. The molecule has 0 atom stereocenters. The van der Waals surface area contributed by atoms with Gasteiger partial charge >= 0.3 is 0 Å². The lowest BCUT2D eigenvalue weighted by molar-refractivity contribution is 1.10. The second kappa shape index (κ2) is 14.0. The predicted molar refractivity (Wildman–Crippen MR) is 248 cm³/mol. The molecule has 0 saturated heterocycles. The zero-order valence-corrected chi connectivity index (χ0v) is 32.8. The van der Waals surface area contributed by atoms with Crippen molar-refractivity contribution in [3.63, 3.8) is 0 Å². The van der Waals surface area contributed by atoms with Crippen LogP contribution in [0.25, 0.3) is 71.6 Å². The molecule has 2 nitrogen and oxygen atoms in total. The fourth-order valence-electron chi connectivity index (χ4n) is 9.32. The second-order valence-corrected chi connectivity index (χ2v) is 18.9. The van der Waals surface area contributed by atoms with E-state index in [9.17, 15) is 0 Å². The van der Waals surface area contributed by atoms with Gasteiger partial charge in [-0.3, -0.25) is 4.57 Å². The first-order valence-electron chi connectivity index (χ1n) is 20.0. The monoisotopic (exact) mass is 754 g/mol. The highest BCUT2D eigenvalue weighted by atomic mass is 28.3. The summed E-state index contributed by atoms with van der Waals surface area (Å²) < 4.78 is 2.39. The molecule has 0 radical (unpaired) electrons. The molecule has 0 amide bonds. The van der Waals surface area contributed by atoms with E-state index in [-0.39, 0.29) is 0 Å². The quantitative estimate of drug-likeness (QED) is 0.117. The van der Waals surface area contributed by atoms with Crippen LogP contribution in [-0.4, -0.2) is 17.6 Å². The number of para-hydroxylation sites is 1. The van der Waals surface area contributed by atoms with Crippen LogP contribution in [0.3, 0.4) is 0 Å². The van der Waals surface area contributed by atoms with Crippen molar-refractivity contribution in [2.75, 3.05) is 0 Å². The molecule has 0 N–H and O–H groups in total. The van der Waals surface area contributed by atoms with Gasteiger partial charge in [0.2, 0.25) is 0 Å².